The lowest BCUT2D eigenvalue weighted by atomic mass is 10.1. The van der Waals surface area contributed by atoms with E-state index in [-0.39, 0.29) is 23.9 Å². The molecule has 2 saturated carbocycles. The van der Waals surface area contributed by atoms with Crippen LogP contribution in [0, 0.1) is 29.1 Å². The van der Waals surface area contributed by atoms with Gasteiger partial charge in [0.15, 0.2) is 11.5 Å². The van der Waals surface area contributed by atoms with Crippen molar-refractivity contribution in [2.24, 2.45) is 23.5 Å². The van der Waals surface area contributed by atoms with Crippen molar-refractivity contribution in [2.45, 2.75) is 57.3 Å². The molecule has 0 radical (unpaired) electrons. The van der Waals surface area contributed by atoms with Crippen LogP contribution in [0.15, 0.2) is 49.1 Å². The van der Waals surface area contributed by atoms with Gasteiger partial charge in [0.05, 0.1) is 30.2 Å². The van der Waals surface area contributed by atoms with Crippen molar-refractivity contribution in [3.05, 3.63) is 60.3 Å². The van der Waals surface area contributed by atoms with Gasteiger partial charge in [0.2, 0.25) is 0 Å². The smallest absolute Gasteiger partial charge is 0.254 e. The Morgan fingerprint density at radius 1 is 1.06 bits per heavy atom. The Labute approximate surface area is 278 Å². The highest BCUT2D eigenvalue weighted by molar-refractivity contribution is 6.00. The molecule has 1 amide bonds. The minimum atomic E-state index is -0.00851. The third kappa shape index (κ3) is 4.71. The minimum absolute atomic E-state index is 0.00851. The molecule has 48 heavy (non-hydrogen) atoms. The van der Waals surface area contributed by atoms with Crippen LogP contribution in [-0.2, 0) is 13.1 Å². The van der Waals surface area contributed by atoms with Crippen LogP contribution >= 0.6 is 0 Å². The number of anilines is 1. The number of hydrogen-bond donors (Lipinski definition) is 1. The van der Waals surface area contributed by atoms with Crippen LogP contribution in [0.4, 0.5) is 5.69 Å². The highest BCUT2D eigenvalue weighted by atomic mass is 16.5. The van der Waals surface area contributed by atoms with Crippen molar-refractivity contribution < 1.29 is 9.53 Å². The van der Waals surface area contributed by atoms with Crippen molar-refractivity contribution in [3.63, 3.8) is 0 Å². The number of rotatable bonds is 8. The first-order chi connectivity index (χ1) is 23.5. The lowest BCUT2D eigenvalue weighted by Crippen LogP contribution is -2.41. The Morgan fingerprint density at radius 3 is 2.71 bits per heavy atom. The lowest BCUT2D eigenvalue weighted by molar-refractivity contribution is 0.0700. The maximum Gasteiger partial charge on any atom is 0.254 e. The number of ether oxygens (including phenoxy) is 1. The highest BCUT2D eigenvalue weighted by Crippen LogP contribution is 2.41. The van der Waals surface area contributed by atoms with E-state index in [1.807, 2.05) is 29.3 Å². The van der Waals surface area contributed by atoms with Crippen molar-refractivity contribution in [1.29, 1.82) is 5.26 Å². The molecule has 2 aliphatic heterocycles. The van der Waals surface area contributed by atoms with Gasteiger partial charge in [-0.25, -0.2) is 19.9 Å². The Bertz CT molecular complexity index is 2110. The van der Waals surface area contributed by atoms with Gasteiger partial charge in [-0.05, 0) is 80.2 Å². The zero-order valence-electron chi connectivity index (χ0n) is 27.0. The van der Waals surface area contributed by atoms with Crippen LogP contribution in [-0.4, -0.2) is 78.7 Å². The molecular weight excluding hydrogens is 604 g/mol. The molecule has 2 aliphatic carbocycles. The van der Waals surface area contributed by atoms with Crippen molar-refractivity contribution in [3.8, 4) is 23.3 Å². The average molecular weight is 643 g/mol. The summed E-state index contributed by atoms with van der Waals surface area (Å²) in [5.74, 6) is 2.73. The van der Waals surface area contributed by atoms with E-state index in [0.29, 0.717) is 41.9 Å². The fourth-order valence-electron chi connectivity index (χ4n) is 8.44. The van der Waals surface area contributed by atoms with Gasteiger partial charge < -0.3 is 29.4 Å². The summed E-state index contributed by atoms with van der Waals surface area (Å²) in [5, 5.41) is 10.8. The molecule has 2 bridgehead atoms. The molecule has 12 nitrogen and oxygen atoms in total. The number of aromatic nitrogens is 6. The fraction of sp³-hybridized carbons (Fsp3) is 0.444. The second kappa shape index (κ2) is 11.3. The number of imidazole rings is 1. The Morgan fingerprint density at radius 2 is 1.94 bits per heavy atom. The van der Waals surface area contributed by atoms with E-state index in [1.165, 1.54) is 19.2 Å². The molecule has 2 N–H and O–H groups in total. The maximum atomic E-state index is 14.0. The molecule has 6 heterocycles. The predicted molar refractivity (Wildman–Crippen MR) is 180 cm³/mol. The number of piperidine rings is 1. The second-order valence-corrected chi connectivity index (χ2v) is 14.0. The molecule has 0 spiro atoms. The Hall–Kier alpha value is -5.02. The fourth-order valence-corrected chi connectivity index (χ4v) is 8.44. The topological polar surface area (TPSA) is 144 Å². The minimum Gasteiger partial charge on any atom is -0.494 e. The molecule has 1 aromatic carbocycles. The van der Waals surface area contributed by atoms with Gasteiger partial charge in [0.25, 0.3) is 5.91 Å². The summed E-state index contributed by atoms with van der Waals surface area (Å²) in [6.07, 6.45) is 10.4. The molecule has 4 atom stereocenters. The molecule has 4 aromatic heterocycles. The number of nitrogens with two attached hydrogens (primary N) is 1. The summed E-state index contributed by atoms with van der Waals surface area (Å²) < 4.78 is 10.7. The zero-order chi connectivity index (χ0) is 32.5. The average Bonchev–Trinajstić information content (AvgIpc) is 3.42. The number of benzene rings is 1. The number of carbonyl (C=O) groups excluding carboxylic acids is 1. The first-order valence-electron chi connectivity index (χ1n) is 17.0. The number of pyridine rings is 1. The number of nitriles is 1. The van der Waals surface area contributed by atoms with E-state index < -0.39 is 0 Å². The van der Waals surface area contributed by atoms with Crippen molar-refractivity contribution in [1.82, 2.24) is 34.0 Å². The lowest BCUT2D eigenvalue weighted by Gasteiger charge is -2.27. The van der Waals surface area contributed by atoms with Crippen LogP contribution in [0.3, 0.4) is 0 Å². The van der Waals surface area contributed by atoms with Gasteiger partial charge in [-0.2, -0.15) is 5.26 Å². The monoisotopic (exact) mass is 642 g/mol. The number of hydrogen-bond acceptors (Lipinski definition) is 9. The number of fused-ring (bicyclic) bond motifs is 4. The van der Waals surface area contributed by atoms with Gasteiger partial charge in [0, 0.05) is 62.0 Å². The number of likely N-dealkylation sites (tertiary alicyclic amines) is 1. The predicted octanol–water partition coefficient (Wildman–Crippen LogP) is 4.22. The highest BCUT2D eigenvalue weighted by Gasteiger charge is 2.47. The molecule has 9 rings (SSSR count). The Balaban J connectivity index is 1.16. The van der Waals surface area contributed by atoms with Gasteiger partial charge in [0.1, 0.15) is 29.3 Å². The molecule has 0 unspecified atom stereocenters. The molecule has 4 aliphatic rings. The summed E-state index contributed by atoms with van der Waals surface area (Å²) in [6.45, 7) is 3.84. The van der Waals surface area contributed by atoms with Gasteiger partial charge >= 0.3 is 0 Å². The zero-order valence-corrected chi connectivity index (χ0v) is 27.0. The molecule has 4 fully saturated rings. The summed E-state index contributed by atoms with van der Waals surface area (Å²) in [7, 11) is 1.66. The standard InChI is InChI=1S/C36H38N10O2/c1-48-31-13-25(36(47)45-19-24-6-7-28(45)32(24)38)11-26-33(31)46(18-22-8-10-43(16-22)30-15-39-20-41-27(30)14-37)35(42-26)29-12-23-3-2-9-40-34(23)44(29)17-21-4-5-21/h2-3,9,11-13,15,20-22,24,28,32H,4-8,10,16-19,38H2,1H3/t22-,24-,28-,32-/m1/s1. The number of amides is 1. The van der Waals surface area contributed by atoms with E-state index in [2.05, 4.69) is 42.2 Å². The van der Waals surface area contributed by atoms with E-state index in [4.69, 9.17) is 20.4 Å². The van der Waals surface area contributed by atoms with Gasteiger partial charge in [-0.3, -0.25) is 4.79 Å². The number of methoxy groups -OCH3 is 1. The number of nitrogens with zero attached hydrogens (tertiary/aromatic N) is 9. The van der Waals surface area contributed by atoms with Gasteiger partial charge in [-0.15, -0.1) is 0 Å². The first kappa shape index (κ1) is 29.1. The van der Waals surface area contributed by atoms with E-state index in [9.17, 15) is 10.1 Å². The normalized spacial score (nSPS) is 23.4. The molecule has 244 valence electrons. The molecule has 5 aromatic rings. The van der Waals surface area contributed by atoms with Gasteiger partial charge in [-0.1, -0.05) is 0 Å². The van der Waals surface area contributed by atoms with Crippen molar-refractivity contribution >= 4 is 33.7 Å². The SMILES string of the molecule is COc1cc(C(=O)N2C[C@H]3CC[C@@H]2[C@@H]3N)cc2nc(-c3cc4cccnc4n3CC3CC3)n(C[C@@H]3CCN(c4cncnc4C#N)C3)c12. The summed E-state index contributed by atoms with van der Waals surface area (Å²) in [5.41, 5.74) is 11.8. The van der Waals surface area contributed by atoms with Crippen LogP contribution in [0.25, 0.3) is 33.6 Å². The van der Waals surface area contributed by atoms with Crippen molar-refractivity contribution in [2.75, 3.05) is 31.6 Å². The van der Waals surface area contributed by atoms with Crippen LogP contribution in [0.1, 0.15) is 48.2 Å². The maximum absolute atomic E-state index is 14.0. The molecule has 12 heteroatoms. The first-order valence-corrected chi connectivity index (χ1v) is 17.0. The summed E-state index contributed by atoms with van der Waals surface area (Å²) in [6, 6.07) is 12.5. The third-order valence-corrected chi connectivity index (χ3v) is 11.1. The van der Waals surface area contributed by atoms with E-state index in [0.717, 1.165) is 78.2 Å². The Kier molecular flexibility index (Phi) is 6.86. The molecular formula is C36H38N10O2. The summed E-state index contributed by atoms with van der Waals surface area (Å²) in [4.78, 5) is 36.7. The van der Waals surface area contributed by atoms with Crippen LogP contribution in [0.5, 0.6) is 5.75 Å². The quantitative estimate of drug-likeness (QED) is 0.263. The third-order valence-electron chi connectivity index (χ3n) is 11.1. The summed E-state index contributed by atoms with van der Waals surface area (Å²) >= 11 is 0. The van der Waals surface area contributed by atoms with Crippen LogP contribution < -0.4 is 15.4 Å². The van der Waals surface area contributed by atoms with E-state index >= 15 is 0 Å². The second-order valence-electron chi connectivity index (χ2n) is 14.0. The van der Waals surface area contributed by atoms with Crippen LogP contribution in [0.2, 0.25) is 0 Å². The largest absolute Gasteiger partial charge is 0.494 e. The molecule has 2 saturated heterocycles. The number of carbonyl (C=O) groups is 1. The van der Waals surface area contributed by atoms with E-state index in [1.54, 1.807) is 13.3 Å².